The van der Waals surface area contributed by atoms with Crippen LogP contribution in [0.1, 0.15) is 24.8 Å². The van der Waals surface area contributed by atoms with E-state index in [1.807, 2.05) is 10.5 Å². The van der Waals surface area contributed by atoms with E-state index >= 15 is 0 Å². The van der Waals surface area contributed by atoms with Crippen molar-refractivity contribution in [1.29, 1.82) is 0 Å². The Morgan fingerprint density at radius 1 is 1.38 bits per heavy atom. The van der Waals surface area contributed by atoms with Gasteiger partial charge >= 0.3 is 0 Å². The topological polar surface area (TPSA) is 97.3 Å². The molecule has 2 aromatic heterocycles. The molecule has 29 heavy (non-hydrogen) atoms. The van der Waals surface area contributed by atoms with Crippen molar-refractivity contribution in [2.75, 3.05) is 0 Å². The highest BCUT2D eigenvalue weighted by molar-refractivity contribution is 5.83. The van der Waals surface area contributed by atoms with Crippen LogP contribution in [0.25, 0.3) is 16.9 Å². The van der Waals surface area contributed by atoms with E-state index in [-0.39, 0.29) is 24.2 Å². The molecule has 1 aromatic carbocycles. The van der Waals surface area contributed by atoms with Gasteiger partial charge in [0.25, 0.3) is 0 Å². The van der Waals surface area contributed by atoms with Crippen molar-refractivity contribution in [2.24, 2.45) is 11.7 Å². The zero-order chi connectivity index (χ0) is 20.0. The smallest absolute Gasteiger partial charge is 0.238 e. The molecule has 1 aliphatic carbocycles. The van der Waals surface area contributed by atoms with Gasteiger partial charge in [-0.1, -0.05) is 12.1 Å². The van der Waals surface area contributed by atoms with Crippen LogP contribution in [0, 0.1) is 11.7 Å². The van der Waals surface area contributed by atoms with Crippen LogP contribution in [0.15, 0.2) is 43.0 Å². The highest BCUT2D eigenvalue weighted by Crippen LogP contribution is 2.35. The largest absolute Gasteiger partial charge is 0.339 e. The molecule has 0 spiro atoms. The number of nitrogens with two attached hydrogens (primary N) is 1. The van der Waals surface area contributed by atoms with E-state index in [4.69, 9.17) is 5.73 Å². The monoisotopic (exact) mass is 394 g/mol. The maximum atomic E-state index is 14.7. The van der Waals surface area contributed by atoms with Crippen LogP contribution in [0.5, 0.6) is 0 Å². The second-order valence-corrected chi connectivity index (χ2v) is 7.99. The number of hydrogen-bond acceptors (Lipinski definition) is 5. The summed E-state index contributed by atoms with van der Waals surface area (Å²) in [6.45, 7) is 0. The van der Waals surface area contributed by atoms with Crippen molar-refractivity contribution in [3.63, 3.8) is 0 Å². The first kappa shape index (κ1) is 18.2. The van der Waals surface area contributed by atoms with E-state index < -0.39 is 6.17 Å². The SMILES string of the molecule is NC(Cc1ccc(-c2cnc3cnccn23)cc1F)NC(=O)C1NC2CCC1C2. The number of nitrogens with zero attached hydrogens (tertiary/aromatic N) is 3. The predicted octanol–water partition coefficient (Wildman–Crippen LogP) is 1.62. The number of halogens is 1. The molecule has 2 fully saturated rings. The molecule has 3 heterocycles. The van der Waals surface area contributed by atoms with Crippen LogP contribution in [-0.4, -0.2) is 38.5 Å². The minimum absolute atomic E-state index is 0.0823. The maximum Gasteiger partial charge on any atom is 0.238 e. The summed E-state index contributed by atoms with van der Waals surface area (Å²) in [6, 6.07) is 5.32. The number of hydrogen-bond donors (Lipinski definition) is 3. The Morgan fingerprint density at radius 2 is 2.28 bits per heavy atom. The fraction of sp³-hybridized carbons (Fsp3) is 0.381. The zero-order valence-corrected chi connectivity index (χ0v) is 15.9. The number of nitrogens with one attached hydrogen (secondary N) is 2. The van der Waals surface area contributed by atoms with Crippen LogP contribution >= 0.6 is 0 Å². The lowest BCUT2D eigenvalue weighted by molar-refractivity contribution is -0.124. The van der Waals surface area contributed by atoms with Gasteiger partial charge in [0, 0.05) is 30.4 Å². The molecule has 2 bridgehead atoms. The van der Waals surface area contributed by atoms with Gasteiger partial charge in [0.2, 0.25) is 5.91 Å². The molecule has 7 nitrogen and oxygen atoms in total. The summed E-state index contributed by atoms with van der Waals surface area (Å²) >= 11 is 0. The van der Waals surface area contributed by atoms with Gasteiger partial charge in [0.1, 0.15) is 5.82 Å². The van der Waals surface area contributed by atoms with E-state index in [1.165, 1.54) is 6.07 Å². The summed E-state index contributed by atoms with van der Waals surface area (Å²) in [6.07, 6.45) is 9.68. The van der Waals surface area contributed by atoms with Crippen LogP contribution in [0.3, 0.4) is 0 Å². The van der Waals surface area contributed by atoms with Gasteiger partial charge in [-0.25, -0.2) is 9.37 Å². The van der Waals surface area contributed by atoms with E-state index in [1.54, 1.807) is 30.9 Å². The number of fused-ring (bicyclic) bond motifs is 3. The highest BCUT2D eigenvalue weighted by atomic mass is 19.1. The third-order valence-electron chi connectivity index (χ3n) is 6.08. The van der Waals surface area contributed by atoms with Gasteiger partial charge in [-0.15, -0.1) is 0 Å². The lowest BCUT2D eigenvalue weighted by atomic mass is 9.99. The summed E-state index contributed by atoms with van der Waals surface area (Å²) in [5.74, 6) is -0.0424. The Balaban J connectivity index is 1.27. The second-order valence-electron chi connectivity index (χ2n) is 7.99. The van der Waals surface area contributed by atoms with Gasteiger partial charge in [0.15, 0.2) is 5.65 Å². The fourth-order valence-electron chi connectivity index (χ4n) is 4.64. The number of aromatic nitrogens is 3. The number of rotatable bonds is 5. The Kier molecular flexibility index (Phi) is 4.52. The van der Waals surface area contributed by atoms with Gasteiger partial charge in [-0.2, -0.15) is 0 Å². The number of imidazole rings is 1. The fourth-order valence-corrected chi connectivity index (χ4v) is 4.64. The minimum atomic E-state index is -0.634. The lowest BCUT2D eigenvalue weighted by Crippen LogP contribution is -2.53. The average Bonchev–Trinajstić information content (AvgIpc) is 3.44. The molecule has 4 N–H and O–H groups in total. The summed E-state index contributed by atoms with van der Waals surface area (Å²) < 4.78 is 16.6. The van der Waals surface area contributed by atoms with Crippen LogP contribution < -0.4 is 16.4 Å². The average molecular weight is 394 g/mol. The predicted molar refractivity (Wildman–Crippen MR) is 106 cm³/mol. The number of benzene rings is 1. The molecule has 1 saturated carbocycles. The van der Waals surface area contributed by atoms with Crippen molar-refractivity contribution in [3.8, 4) is 11.3 Å². The summed E-state index contributed by atoms with van der Waals surface area (Å²) in [7, 11) is 0. The first-order valence-corrected chi connectivity index (χ1v) is 9.96. The van der Waals surface area contributed by atoms with Gasteiger partial charge in [-0.3, -0.25) is 14.2 Å². The molecular formula is C21H23FN6O. The normalized spacial score (nSPS) is 24.1. The summed E-state index contributed by atoms with van der Waals surface area (Å²) in [4.78, 5) is 20.8. The summed E-state index contributed by atoms with van der Waals surface area (Å²) in [5.41, 5.74) is 8.77. The van der Waals surface area contributed by atoms with Crippen molar-refractivity contribution in [2.45, 2.75) is 43.9 Å². The zero-order valence-electron chi connectivity index (χ0n) is 15.9. The molecule has 2 aliphatic rings. The quantitative estimate of drug-likeness (QED) is 0.572. The summed E-state index contributed by atoms with van der Waals surface area (Å²) in [5, 5.41) is 6.19. The molecule has 150 valence electrons. The van der Waals surface area contributed by atoms with Crippen molar-refractivity contribution in [1.82, 2.24) is 25.0 Å². The van der Waals surface area contributed by atoms with Crippen molar-refractivity contribution >= 4 is 11.6 Å². The lowest BCUT2D eigenvalue weighted by Gasteiger charge is -2.24. The van der Waals surface area contributed by atoms with Crippen molar-refractivity contribution in [3.05, 3.63) is 54.4 Å². The van der Waals surface area contributed by atoms with Gasteiger partial charge < -0.3 is 16.4 Å². The third-order valence-corrected chi connectivity index (χ3v) is 6.08. The number of piperidine rings is 1. The molecule has 3 aromatic rings. The van der Waals surface area contributed by atoms with Crippen LogP contribution in [-0.2, 0) is 11.2 Å². The van der Waals surface area contributed by atoms with Gasteiger partial charge in [-0.05, 0) is 36.8 Å². The molecule has 4 unspecified atom stereocenters. The number of carbonyl (C=O) groups is 1. The standard InChI is InChI=1S/C21H23FN6O/c22-16-8-13(17-10-25-19-11-24-5-6-28(17)19)2-1-12(16)9-18(23)27-21(29)20-14-3-4-15(7-14)26-20/h1-2,5-6,8,10-11,14-15,18,20,26H,3-4,7,9,23H2,(H,27,29). The molecule has 1 saturated heterocycles. The second kappa shape index (κ2) is 7.20. The first-order chi connectivity index (χ1) is 14.1. The molecule has 1 aliphatic heterocycles. The van der Waals surface area contributed by atoms with E-state index in [9.17, 15) is 9.18 Å². The number of carbonyl (C=O) groups excluding carboxylic acids is 1. The molecule has 0 radical (unpaired) electrons. The van der Waals surface area contributed by atoms with E-state index in [0.29, 0.717) is 28.7 Å². The molecule has 5 rings (SSSR count). The maximum absolute atomic E-state index is 14.7. The molecule has 8 heteroatoms. The Morgan fingerprint density at radius 3 is 3.03 bits per heavy atom. The molecular weight excluding hydrogens is 371 g/mol. The Hall–Kier alpha value is -2.84. The Bertz CT molecular complexity index is 1070. The van der Waals surface area contributed by atoms with E-state index in [2.05, 4.69) is 20.6 Å². The van der Waals surface area contributed by atoms with Gasteiger partial charge in [0.05, 0.1) is 30.3 Å². The molecule has 1 amide bonds. The Labute approximate surface area is 167 Å². The van der Waals surface area contributed by atoms with E-state index in [0.717, 1.165) is 25.0 Å². The number of amides is 1. The molecule has 4 atom stereocenters. The highest BCUT2D eigenvalue weighted by Gasteiger charge is 2.42. The van der Waals surface area contributed by atoms with Crippen LogP contribution in [0.4, 0.5) is 4.39 Å². The van der Waals surface area contributed by atoms with Crippen molar-refractivity contribution < 1.29 is 9.18 Å². The minimum Gasteiger partial charge on any atom is -0.339 e. The van der Waals surface area contributed by atoms with Crippen LogP contribution in [0.2, 0.25) is 0 Å². The third kappa shape index (κ3) is 3.38. The first-order valence-electron chi connectivity index (χ1n) is 9.96.